The fourth-order valence-corrected chi connectivity index (χ4v) is 1.69. The summed E-state index contributed by atoms with van der Waals surface area (Å²) < 4.78 is 18.6. The topological polar surface area (TPSA) is 69.4 Å². The molecule has 0 fully saturated rings. The predicted molar refractivity (Wildman–Crippen MR) is 74.1 cm³/mol. The Morgan fingerprint density at radius 2 is 1.90 bits per heavy atom. The van der Waals surface area contributed by atoms with Gasteiger partial charge in [-0.25, -0.2) is 4.39 Å². The van der Waals surface area contributed by atoms with Crippen LogP contribution in [0.15, 0.2) is 42.5 Å². The number of hydrogen-bond donors (Lipinski definition) is 0. The molecule has 0 radical (unpaired) electrons. The number of non-ortho nitro benzene ring substituents is 1. The highest BCUT2D eigenvalue weighted by Crippen LogP contribution is 2.22. The molecule has 0 N–H and O–H groups in total. The second kappa shape index (κ2) is 6.13. The van der Waals surface area contributed by atoms with Crippen molar-refractivity contribution in [3.05, 3.63) is 69.5 Å². The van der Waals surface area contributed by atoms with Crippen LogP contribution in [0.3, 0.4) is 0 Å². The number of carbonyl (C=O) groups is 1. The summed E-state index contributed by atoms with van der Waals surface area (Å²) in [6.45, 7) is 1.56. The van der Waals surface area contributed by atoms with E-state index in [4.69, 9.17) is 4.74 Å². The van der Waals surface area contributed by atoms with Gasteiger partial charge in [-0.1, -0.05) is 29.8 Å². The van der Waals surface area contributed by atoms with E-state index >= 15 is 0 Å². The first-order valence-electron chi connectivity index (χ1n) is 6.14. The highest BCUT2D eigenvalue weighted by molar-refractivity contribution is 5.97. The van der Waals surface area contributed by atoms with Crippen molar-refractivity contribution in [2.45, 2.75) is 6.92 Å². The van der Waals surface area contributed by atoms with E-state index < -0.39 is 10.7 Å². The van der Waals surface area contributed by atoms with Crippen molar-refractivity contribution in [2.75, 3.05) is 6.61 Å². The monoisotopic (exact) mass is 289 g/mol. The van der Waals surface area contributed by atoms with Gasteiger partial charge >= 0.3 is 0 Å². The van der Waals surface area contributed by atoms with Gasteiger partial charge in [0, 0.05) is 11.6 Å². The van der Waals surface area contributed by atoms with E-state index in [0.717, 1.165) is 23.8 Å². The number of ether oxygens (including phenoxy) is 1. The third-order valence-corrected chi connectivity index (χ3v) is 2.86. The highest BCUT2D eigenvalue weighted by atomic mass is 19.1. The van der Waals surface area contributed by atoms with Crippen LogP contribution >= 0.6 is 0 Å². The Bertz CT molecular complexity index is 683. The summed E-state index contributed by atoms with van der Waals surface area (Å²) in [5.41, 5.74) is 1.11. The molecular weight excluding hydrogens is 277 g/mol. The smallest absolute Gasteiger partial charge is 0.272 e. The van der Waals surface area contributed by atoms with Crippen LogP contribution in [0.1, 0.15) is 15.9 Å². The van der Waals surface area contributed by atoms with E-state index in [1.165, 1.54) is 0 Å². The number of aryl methyl sites for hydroxylation is 1. The van der Waals surface area contributed by atoms with Crippen LogP contribution in [-0.4, -0.2) is 17.3 Å². The number of nitrogens with zero attached hydrogens (tertiary/aromatic N) is 1. The van der Waals surface area contributed by atoms with Gasteiger partial charge in [0.1, 0.15) is 0 Å². The average molecular weight is 289 g/mol. The van der Waals surface area contributed by atoms with E-state index in [-0.39, 0.29) is 23.8 Å². The number of halogens is 1. The van der Waals surface area contributed by atoms with Gasteiger partial charge in [0.05, 0.1) is 11.0 Å². The quantitative estimate of drug-likeness (QED) is 0.481. The molecule has 0 aliphatic rings. The SMILES string of the molecule is Cc1ccc(C(=O)COc2ccc([N+](=O)[O-])cc2F)cc1. The molecule has 0 heterocycles. The molecule has 0 aliphatic heterocycles. The van der Waals surface area contributed by atoms with E-state index in [9.17, 15) is 19.3 Å². The summed E-state index contributed by atoms with van der Waals surface area (Å²) in [6.07, 6.45) is 0. The van der Waals surface area contributed by atoms with Crippen LogP contribution < -0.4 is 4.74 Å². The Balaban J connectivity index is 2.04. The van der Waals surface area contributed by atoms with Crippen LogP contribution in [0.25, 0.3) is 0 Å². The van der Waals surface area contributed by atoms with Gasteiger partial charge < -0.3 is 4.74 Å². The summed E-state index contributed by atoms with van der Waals surface area (Å²) in [5.74, 6) is -1.37. The Hall–Kier alpha value is -2.76. The lowest BCUT2D eigenvalue weighted by Crippen LogP contribution is -2.12. The molecule has 0 aromatic heterocycles. The molecule has 21 heavy (non-hydrogen) atoms. The third kappa shape index (κ3) is 3.62. The minimum absolute atomic E-state index is 0.193. The van der Waals surface area contributed by atoms with Crippen molar-refractivity contribution in [2.24, 2.45) is 0 Å². The average Bonchev–Trinajstić information content (AvgIpc) is 2.46. The molecule has 0 bridgehead atoms. The molecule has 0 saturated carbocycles. The Morgan fingerprint density at radius 1 is 1.24 bits per heavy atom. The molecular formula is C15H12FNO4. The fraction of sp³-hybridized carbons (Fsp3) is 0.133. The zero-order chi connectivity index (χ0) is 15.4. The third-order valence-electron chi connectivity index (χ3n) is 2.86. The zero-order valence-electron chi connectivity index (χ0n) is 11.2. The molecule has 0 aliphatic carbocycles. The van der Waals surface area contributed by atoms with Crippen LogP contribution in [0.2, 0.25) is 0 Å². The van der Waals surface area contributed by atoms with Crippen molar-refractivity contribution in [3.63, 3.8) is 0 Å². The van der Waals surface area contributed by atoms with Crippen molar-refractivity contribution in [3.8, 4) is 5.75 Å². The highest BCUT2D eigenvalue weighted by Gasteiger charge is 2.13. The first-order chi connectivity index (χ1) is 9.97. The Morgan fingerprint density at radius 3 is 2.48 bits per heavy atom. The van der Waals surface area contributed by atoms with Crippen molar-refractivity contribution in [1.82, 2.24) is 0 Å². The number of Topliss-reactive ketones (excluding diaryl/α,β-unsaturated/α-hetero) is 1. The van der Waals surface area contributed by atoms with Gasteiger partial charge in [-0.2, -0.15) is 0 Å². The second-order valence-corrected chi connectivity index (χ2v) is 4.45. The Labute approximate surface area is 120 Å². The summed E-state index contributed by atoms with van der Waals surface area (Å²) in [4.78, 5) is 21.6. The summed E-state index contributed by atoms with van der Waals surface area (Å²) in [6, 6.07) is 9.91. The van der Waals surface area contributed by atoms with Crippen molar-refractivity contribution < 1.29 is 18.8 Å². The van der Waals surface area contributed by atoms with Crippen LogP contribution in [0.5, 0.6) is 5.75 Å². The summed E-state index contributed by atoms with van der Waals surface area (Å²) in [7, 11) is 0. The number of hydrogen-bond acceptors (Lipinski definition) is 4. The second-order valence-electron chi connectivity index (χ2n) is 4.45. The van der Waals surface area contributed by atoms with Crippen molar-refractivity contribution >= 4 is 11.5 Å². The maximum atomic E-state index is 13.6. The molecule has 108 valence electrons. The minimum atomic E-state index is -0.874. The maximum absolute atomic E-state index is 13.6. The maximum Gasteiger partial charge on any atom is 0.272 e. The van der Waals surface area contributed by atoms with Crippen molar-refractivity contribution in [1.29, 1.82) is 0 Å². The molecule has 2 aromatic carbocycles. The van der Waals surface area contributed by atoms with Gasteiger partial charge in [-0.3, -0.25) is 14.9 Å². The molecule has 0 amide bonds. The normalized spacial score (nSPS) is 10.2. The number of nitro benzene ring substituents is 1. The first kappa shape index (κ1) is 14.6. The van der Waals surface area contributed by atoms with Crippen LogP contribution in [-0.2, 0) is 0 Å². The summed E-state index contributed by atoms with van der Waals surface area (Å²) >= 11 is 0. The molecule has 0 atom stereocenters. The molecule has 2 aromatic rings. The molecule has 6 heteroatoms. The van der Waals surface area contributed by atoms with Gasteiger partial charge in [0.25, 0.3) is 5.69 Å². The molecule has 0 unspecified atom stereocenters. The first-order valence-corrected chi connectivity index (χ1v) is 6.14. The van der Waals surface area contributed by atoms with Crippen LogP contribution in [0, 0.1) is 22.9 Å². The largest absolute Gasteiger partial charge is 0.482 e. The van der Waals surface area contributed by atoms with Crippen LogP contribution in [0.4, 0.5) is 10.1 Å². The van der Waals surface area contributed by atoms with Gasteiger partial charge in [-0.15, -0.1) is 0 Å². The van der Waals surface area contributed by atoms with Gasteiger partial charge in [-0.05, 0) is 13.0 Å². The lowest BCUT2D eigenvalue weighted by atomic mass is 10.1. The van der Waals surface area contributed by atoms with E-state index in [0.29, 0.717) is 5.56 Å². The van der Waals surface area contributed by atoms with E-state index in [1.54, 1.807) is 24.3 Å². The van der Waals surface area contributed by atoms with Gasteiger partial charge in [0.2, 0.25) is 0 Å². The van der Waals surface area contributed by atoms with Gasteiger partial charge in [0.15, 0.2) is 24.0 Å². The molecule has 2 rings (SSSR count). The zero-order valence-corrected chi connectivity index (χ0v) is 11.2. The number of rotatable bonds is 5. The lowest BCUT2D eigenvalue weighted by molar-refractivity contribution is -0.385. The predicted octanol–water partition coefficient (Wildman–Crippen LogP) is 3.30. The molecule has 0 spiro atoms. The number of benzene rings is 2. The van der Waals surface area contributed by atoms with E-state index in [2.05, 4.69) is 0 Å². The fourth-order valence-electron chi connectivity index (χ4n) is 1.69. The minimum Gasteiger partial charge on any atom is -0.482 e. The summed E-state index contributed by atoms with van der Waals surface area (Å²) in [5, 5.41) is 10.5. The van der Waals surface area contributed by atoms with E-state index in [1.807, 2.05) is 6.92 Å². The number of carbonyl (C=O) groups excluding carboxylic acids is 1. The molecule has 5 nitrogen and oxygen atoms in total. The Kier molecular flexibility index (Phi) is 4.27. The molecule has 0 saturated heterocycles. The number of nitro groups is 1. The standard InChI is InChI=1S/C15H12FNO4/c1-10-2-4-11(5-3-10)14(18)9-21-15-7-6-12(17(19)20)8-13(15)16/h2-8H,9H2,1H3. The number of ketones is 1. The lowest BCUT2D eigenvalue weighted by Gasteiger charge is -2.06.